The van der Waals surface area contributed by atoms with E-state index in [4.69, 9.17) is 4.74 Å². The molecule has 0 spiro atoms. The summed E-state index contributed by atoms with van der Waals surface area (Å²) in [5.41, 5.74) is 3.53. The number of aliphatic hydroxyl groups excluding tert-OH is 1. The molecule has 0 amide bonds. The third-order valence-corrected chi connectivity index (χ3v) is 2.89. The third-order valence-electron chi connectivity index (χ3n) is 2.89. The number of aliphatic hydroxyl groups is 1. The summed E-state index contributed by atoms with van der Waals surface area (Å²) >= 11 is 0. The number of nitrogens with zero attached hydrogens (tertiary/aromatic N) is 1. The summed E-state index contributed by atoms with van der Waals surface area (Å²) < 4.78 is 5.28. The molecule has 1 aromatic carbocycles. The van der Waals surface area contributed by atoms with E-state index in [1.54, 1.807) is 13.3 Å². The first kappa shape index (κ1) is 12.6. The molecule has 0 aliphatic heterocycles. The molecule has 0 saturated heterocycles. The summed E-state index contributed by atoms with van der Waals surface area (Å²) in [6.45, 7) is 3.95. The molecular formula is C15H17NO2. The summed E-state index contributed by atoms with van der Waals surface area (Å²) in [7, 11) is 1.60. The Balaban J connectivity index is 2.41. The quantitative estimate of drug-likeness (QED) is 0.901. The van der Waals surface area contributed by atoms with E-state index in [-0.39, 0.29) is 0 Å². The second kappa shape index (κ2) is 5.19. The van der Waals surface area contributed by atoms with Crippen molar-refractivity contribution in [2.24, 2.45) is 0 Å². The fraction of sp³-hybridized carbons (Fsp3) is 0.267. The van der Waals surface area contributed by atoms with Gasteiger partial charge >= 0.3 is 0 Å². The zero-order chi connectivity index (χ0) is 13.1. The van der Waals surface area contributed by atoms with Crippen molar-refractivity contribution in [1.29, 1.82) is 0 Å². The molecule has 3 nitrogen and oxygen atoms in total. The molecule has 0 aliphatic rings. The molecule has 0 saturated carbocycles. The highest BCUT2D eigenvalue weighted by atomic mass is 16.5. The van der Waals surface area contributed by atoms with Crippen LogP contribution in [-0.4, -0.2) is 17.2 Å². The van der Waals surface area contributed by atoms with Gasteiger partial charge in [-0.25, -0.2) is 0 Å². The number of benzene rings is 1. The second-order valence-electron chi connectivity index (χ2n) is 4.41. The zero-order valence-electron chi connectivity index (χ0n) is 10.8. The SMILES string of the molecule is COc1ccc(C)cc1C(O)c1ccc(C)cn1. The van der Waals surface area contributed by atoms with Gasteiger partial charge in [0.1, 0.15) is 11.9 Å². The Hall–Kier alpha value is -1.87. The van der Waals surface area contributed by atoms with Gasteiger partial charge in [-0.15, -0.1) is 0 Å². The Bertz CT molecular complexity index is 535. The number of ether oxygens (including phenoxy) is 1. The van der Waals surface area contributed by atoms with E-state index >= 15 is 0 Å². The van der Waals surface area contributed by atoms with Crippen LogP contribution in [0.4, 0.5) is 0 Å². The van der Waals surface area contributed by atoms with Crippen LogP contribution in [0.2, 0.25) is 0 Å². The van der Waals surface area contributed by atoms with Gasteiger partial charge in [0.25, 0.3) is 0 Å². The van der Waals surface area contributed by atoms with Crippen molar-refractivity contribution in [1.82, 2.24) is 4.98 Å². The number of hydrogen-bond donors (Lipinski definition) is 1. The van der Waals surface area contributed by atoms with Crippen molar-refractivity contribution < 1.29 is 9.84 Å². The van der Waals surface area contributed by atoms with Crippen molar-refractivity contribution in [3.63, 3.8) is 0 Å². The molecule has 0 fully saturated rings. The predicted octanol–water partition coefficient (Wildman–Crippen LogP) is 2.79. The molecule has 2 rings (SSSR count). The van der Waals surface area contributed by atoms with E-state index in [1.807, 2.05) is 44.2 Å². The number of pyridine rings is 1. The smallest absolute Gasteiger partial charge is 0.125 e. The second-order valence-corrected chi connectivity index (χ2v) is 4.41. The maximum absolute atomic E-state index is 10.4. The van der Waals surface area contributed by atoms with Crippen LogP contribution in [0.3, 0.4) is 0 Å². The topological polar surface area (TPSA) is 42.4 Å². The van der Waals surface area contributed by atoms with Crippen LogP contribution in [0.15, 0.2) is 36.5 Å². The largest absolute Gasteiger partial charge is 0.496 e. The van der Waals surface area contributed by atoms with Crippen LogP contribution in [0, 0.1) is 13.8 Å². The molecule has 0 radical (unpaired) electrons. The lowest BCUT2D eigenvalue weighted by Crippen LogP contribution is -2.05. The molecule has 1 unspecified atom stereocenters. The summed E-state index contributed by atoms with van der Waals surface area (Å²) in [6, 6.07) is 9.51. The summed E-state index contributed by atoms with van der Waals surface area (Å²) in [5, 5.41) is 10.4. The fourth-order valence-electron chi connectivity index (χ4n) is 1.87. The standard InChI is InChI=1S/C15H17NO2/c1-10-5-7-14(18-3)12(8-10)15(17)13-6-4-11(2)9-16-13/h4-9,15,17H,1-3H3. The maximum Gasteiger partial charge on any atom is 0.125 e. The van der Waals surface area contributed by atoms with Crippen molar-refractivity contribution in [3.8, 4) is 5.75 Å². The van der Waals surface area contributed by atoms with Gasteiger partial charge in [-0.3, -0.25) is 4.98 Å². The van der Waals surface area contributed by atoms with Gasteiger partial charge in [-0.2, -0.15) is 0 Å². The van der Waals surface area contributed by atoms with Gasteiger partial charge < -0.3 is 9.84 Å². The van der Waals surface area contributed by atoms with E-state index in [2.05, 4.69) is 4.98 Å². The minimum atomic E-state index is -0.763. The average molecular weight is 243 g/mol. The van der Waals surface area contributed by atoms with E-state index < -0.39 is 6.10 Å². The minimum absolute atomic E-state index is 0.629. The zero-order valence-corrected chi connectivity index (χ0v) is 10.8. The molecule has 1 heterocycles. The Labute approximate surface area is 107 Å². The first-order chi connectivity index (χ1) is 8.61. The van der Waals surface area contributed by atoms with Gasteiger partial charge in [0.2, 0.25) is 0 Å². The lowest BCUT2D eigenvalue weighted by molar-refractivity contribution is 0.210. The van der Waals surface area contributed by atoms with Crippen LogP contribution in [0.25, 0.3) is 0 Å². The summed E-state index contributed by atoms with van der Waals surface area (Å²) in [4.78, 5) is 4.25. The lowest BCUT2D eigenvalue weighted by Gasteiger charge is -2.15. The normalized spacial score (nSPS) is 12.2. The Kier molecular flexibility index (Phi) is 3.63. The molecule has 0 bridgehead atoms. The highest BCUT2D eigenvalue weighted by molar-refractivity contribution is 5.41. The van der Waals surface area contributed by atoms with E-state index in [1.165, 1.54) is 0 Å². The van der Waals surface area contributed by atoms with Crippen molar-refractivity contribution in [2.75, 3.05) is 7.11 Å². The highest BCUT2D eigenvalue weighted by Crippen LogP contribution is 2.29. The van der Waals surface area contributed by atoms with Crippen LogP contribution in [-0.2, 0) is 0 Å². The van der Waals surface area contributed by atoms with Gasteiger partial charge in [0.05, 0.1) is 12.8 Å². The maximum atomic E-state index is 10.4. The first-order valence-corrected chi connectivity index (χ1v) is 5.87. The monoisotopic (exact) mass is 243 g/mol. The molecule has 1 aromatic heterocycles. The fourth-order valence-corrected chi connectivity index (χ4v) is 1.87. The average Bonchev–Trinajstić information content (AvgIpc) is 2.39. The molecule has 94 valence electrons. The van der Waals surface area contributed by atoms with Crippen molar-refractivity contribution >= 4 is 0 Å². The molecule has 1 N–H and O–H groups in total. The Morgan fingerprint density at radius 3 is 2.44 bits per heavy atom. The predicted molar refractivity (Wildman–Crippen MR) is 70.8 cm³/mol. The third kappa shape index (κ3) is 2.51. The number of aryl methyl sites for hydroxylation is 2. The van der Waals surface area contributed by atoms with Crippen molar-refractivity contribution in [2.45, 2.75) is 20.0 Å². The van der Waals surface area contributed by atoms with Crippen LogP contribution >= 0.6 is 0 Å². The minimum Gasteiger partial charge on any atom is -0.496 e. The van der Waals surface area contributed by atoms with Gasteiger partial charge in [0, 0.05) is 11.8 Å². The van der Waals surface area contributed by atoms with Gasteiger partial charge in [-0.05, 0) is 37.6 Å². The van der Waals surface area contributed by atoms with Gasteiger partial charge in [0.15, 0.2) is 0 Å². The van der Waals surface area contributed by atoms with Crippen LogP contribution in [0.1, 0.15) is 28.5 Å². The van der Waals surface area contributed by atoms with Crippen LogP contribution < -0.4 is 4.74 Å². The number of methoxy groups -OCH3 is 1. The first-order valence-electron chi connectivity index (χ1n) is 5.87. The lowest BCUT2D eigenvalue weighted by atomic mass is 10.0. The van der Waals surface area contributed by atoms with Gasteiger partial charge in [-0.1, -0.05) is 17.7 Å². The molecule has 18 heavy (non-hydrogen) atoms. The molecule has 2 aromatic rings. The van der Waals surface area contributed by atoms with E-state index in [9.17, 15) is 5.11 Å². The Morgan fingerprint density at radius 1 is 1.11 bits per heavy atom. The molecule has 0 aliphatic carbocycles. The van der Waals surface area contributed by atoms with E-state index in [0.717, 1.165) is 16.7 Å². The molecule has 3 heteroatoms. The highest BCUT2D eigenvalue weighted by Gasteiger charge is 2.16. The summed E-state index contributed by atoms with van der Waals surface area (Å²) in [6.07, 6.45) is 0.987. The number of aromatic nitrogens is 1. The van der Waals surface area contributed by atoms with E-state index in [0.29, 0.717) is 11.4 Å². The number of rotatable bonds is 3. The van der Waals surface area contributed by atoms with Crippen molar-refractivity contribution in [3.05, 3.63) is 58.9 Å². The number of hydrogen-bond acceptors (Lipinski definition) is 3. The van der Waals surface area contributed by atoms with Crippen LogP contribution in [0.5, 0.6) is 5.75 Å². The summed E-state index contributed by atoms with van der Waals surface area (Å²) in [5.74, 6) is 0.676. The Morgan fingerprint density at radius 2 is 1.83 bits per heavy atom. The molecular weight excluding hydrogens is 226 g/mol. The molecule has 1 atom stereocenters.